The van der Waals surface area contributed by atoms with Gasteiger partial charge in [0.15, 0.2) is 0 Å². The number of fused-ring (bicyclic) bond motifs is 1. The van der Waals surface area contributed by atoms with E-state index in [1.54, 1.807) is 30.4 Å². The zero-order valence-corrected chi connectivity index (χ0v) is 16.3. The number of rotatable bonds is 7. The van der Waals surface area contributed by atoms with Crippen molar-refractivity contribution in [2.24, 2.45) is 4.99 Å². The van der Waals surface area contributed by atoms with E-state index in [-0.39, 0.29) is 0 Å². The first-order chi connectivity index (χ1) is 12.3. The maximum absolute atomic E-state index is 5.33. The van der Waals surface area contributed by atoms with Crippen LogP contribution in [-0.2, 0) is 4.74 Å². The molecule has 1 N–H and O–H groups in total. The van der Waals surface area contributed by atoms with E-state index in [0.717, 1.165) is 35.1 Å². The standard InChI is InChI=1S/C18H19N3OS3/c1-22-9-8-21(25-16-6-3-10-23-16)15-5-2-4-13-12-14(20-17(13)15)18-19-7-11-24-18/h2-6,10,12,20H,7-9,11H2,1H3. The molecule has 130 valence electrons. The number of nitrogens with zero attached hydrogens (tertiary/aromatic N) is 2. The third kappa shape index (κ3) is 3.74. The number of thioether (sulfide) groups is 1. The van der Waals surface area contributed by atoms with Crippen LogP contribution in [0, 0.1) is 0 Å². The summed E-state index contributed by atoms with van der Waals surface area (Å²) in [7, 11) is 1.75. The first-order valence-electron chi connectivity index (χ1n) is 8.12. The van der Waals surface area contributed by atoms with Gasteiger partial charge in [-0.1, -0.05) is 18.2 Å². The summed E-state index contributed by atoms with van der Waals surface area (Å²) in [5.74, 6) is 1.08. The molecular weight excluding hydrogens is 370 g/mol. The van der Waals surface area contributed by atoms with Crippen LogP contribution in [0.2, 0.25) is 0 Å². The van der Waals surface area contributed by atoms with Gasteiger partial charge >= 0.3 is 0 Å². The lowest BCUT2D eigenvalue weighted by Gasteiger charge is -2.23. The highest BCUT2D eigenvalue weighted by Gasteiger charge is 2.17. The van der Waals surface area contributed by atoms with Crippen LogP contribution in [0.15, 0.2) is 51.0 Å². The Balaban J connectivity index is 1.71. The van der Waals surface area contributed by atoms with Crippen LogP contribution < -0.4 is 4.31 Å². The summed E-state index contributed by atoms with van der Waals surface area (Å²) in [6.45, 7) is 2.42. The predicted molar refractivity (Wildman–Crippen MR) is 112 cm³/mol. The number of benzene rings is 1. The zero-order chi connectivity index (χ0) is 17.1. The van der Waals surface area contributed by atoms with E-state index in [9.17, 15) is 0 Å². The predicted octanol–water partition coefficient (Wildman–Crippen LogP) is 4.88. The van der Waals surface area contributed by atoms with Gasteiger partial charge < -0.3 is 14.0 Å². The van der Waals surface area contributed by atoms with Crippen LogP contribution >= 0.6 is 35.0 Å². The number of aromatic amines is 1. The van der Waals surface area contributed by atoms with Crippen LogP contribution in [0.5, 0.6) is 0 Å². The van der Waals surface area contributed by atoms with Gasteiger partial charge in [-0.05, 0) is 35.5 Å². The Kier molecular flexibility index (Phi) is 5.36. The number of thiophene rings is 1. The van der Waals surface area contributed by atoms with E-state index >= 15 is 0 Å². The van der Waals surface area contributed by atoms with E-state index in [1.165, 1.54) is 15.3 Å². The molecule has 2 aromatic heterocycles. The van der Waals surface area contributed by atoms with Gasteiger partial charge in [0.2, 0.25) is 0 Å². The van der Waals surface area contributed by atoms with Crippen molar-refractivity contribution in [3.8, 4) is 0 Å². The van der Waals surface area contributed by atoms with Gasteiger partial charge in [-0.25, -0.2) is 0 Å². The Morgan fingerprint density at radius 3 is 3.04 bits per heavy atom. The minimum Gasteiger partial charge on any atom is -0.383 e. The molecule has 0 unspecified atom stereocenters. The smallest absolute Gasteiger partial charge is 0.114 e. The summed E-state index contributed by atoms with van der Waals surface area (Å²) in [6.07, 6.45) is 0. The molecule has 3 aromatic rings. The van der Waals surface area contributed by atoms with E-state index < -0.39 is 0 Å². The molecule has 0 bridgehead atoms. The topological polar surface area (TPSA) is 40.6 Å². The summed E-state index contributed by atoms with van der Waals surface area (Å²) < 4.78 is 8.91. The lowest BCUT2D eigenvalue weighted by Crippen LogP contribution is -2.19. The minimum absolute atomic E-state index is 0.685. The number of hydrogen-bond acceptors (Lipinski definition) is 6. The second kappa shape index (κ2) is 7.86. The number of para-hydroxylation sites is 1. The molecule has 7 heteroatoms. The molecule has 4 rings (SSSR count). The van der Waals surface area contributed by atoms with Crippen LogP contribution in [0.3, 0.4) is 0 Å². The molecule has 1 aliphatic heterocycles. The summed E-state index contributed by atoms with van der Waals surface area (Å²) in [4.78, 5) is 8.20. The Bertz CT molecular complexity index is 873. The van der Waals surface area contributed by atoms with Gasteiger partial charge in [0.1, 0.15) is 5.04 Å². The van der Waals surface area contributed by atoms with Crippen molar-refractivity contribution in [2.75, 3.05) is 36.9 Å². The summed E-state index contributed by atoms with van der Waals surface area (Å²) in [6, 6.07) is 12.9. The van der Waals surface area contributed by atoms with Gasteiger partial charge in [0.05, 0.1) is 34.3 Å². The molecule has 3 heterocycles. The molecule has 1 aliphatic rings. The second-order valence-corrected chi connectivity index (χ2v) is 8.93. The van der Waals surface area contributed by atoms with Crippen LogP contribution in [0.4, 0.5) is 5.69 Å². The Morgan fingerprint density at radius 1 is 1.32 bits per heavy atom. The van der Waals surface area contributed by atoms with Gasteiger partial charge in [0, 0.05) is 24.8 Å². The lowest BCUT2D eigenvalue weighted by atomic mass is 10.2. The average Bonchev–Trinajstić information content (AvgIpc) is 3.39. The molecule has 0 aliphatic carbocycles. The molecule has 4 nitrogen and oxygen atoms in total. The maximum atomic E-state index is 5.33. The van der Waals surface area contributed by atoms with Gasteiger partial charge in [-0.2, -0.15) is 0 Å². The fourth-order valence-corrected chi connectivity index (χ4v) is 5.43. The fraction of sp³-hybridized carbons (Fsp3) is 0.278. The second-order valence-electron chi connectivity index (χ2n) is 5.58. The maximum Gasteiger partial charge on any atom is 0.114 e. The Morgan fingerprint density at radius 2 is 2.28 bits per heavy atom. The largest absolute Gasteiger partial charge is 0.383 e. The molecule has 0 atom stereocenters. The minimum atomic E-state index is 0.685. The first kappa shape index (κ1) is 17.0. The normalized spacial score (nSPS) is 14.2. The van der Waals surface area contributed by atoms with E-state index in [2.05, 4.69) is 56.1 Å². The van der Waals surface area contributed by atoms with E-state index in [0.29, 0.717) is 6.61 Å². The van der Waals surface area contributed by atoms with Crippen LogP contribution in [-0.4, -0.2) is 42.6 Å². The van der Waals surface area contributed by atoms with Crippen molar-refractivity contribution in [2.45, 2.75) is 4.21 Å². The molecular formula is C18H19N3OS3. The fourth-order valence-electron chi connectivity index (χ4n) is 2.77. The zero-order valence-electron chi connectivity index (χ0n) is 13.9. The molecule has 0 fully saturated rings. The number of anilines is 1. The number of hydrogen-bond donors (Lipinski definition) is 1. The first-order valence-corrected chi connectivity index (χ1v) is 10.8. The van der Waals surface area contributed by atoms with Crippen molar-refractivity contribution >= 4 is 56.7 Å². The van der Waals surface area contributed by atoms with E-state index in [4.69, 9.17) is 4.74 Å². The third-order valence-electron chi connectivity index (χ3n) is 3.91. The van der Waals surface area contributed by atoms with E-state index in [1.807, 2.05) is 11.8 Å². The highest BCUT2D eigenvalue weighted by Crippen LogP contribution is 2.36. The number of aromatic nitrogens is 1. The molecule has 0 amide bonds. The third-order valence-corrected chi connectivity index (χ3v) is 7.01. The molecule has 0 radical (unpaired) electrons. The Hall–Kier alpha value is -1.41. The SMILES string of the molecule is COCCN(Sc1cccs1)c1cccc2cc(C3=NCCS3)[nH]c12. The summed E-state index contributed by atoms with van der Waals surface area (Å²) in [5.41, 5.74) is 3.47. The van der Waals surface area contributed by atoms with Crippen molar-refractivity contribution in [3.05, 3.63) is 47.5 Å². The average molecular weight is 390 g/mol. The lowest BCUT2D eigenvalue weighted by molar-refractivity contribution is 0.208. The molecule has 0 spiro atoms. The molecule has 0 saturated carbocycles. The van der Waals surface area contributed by atoms with Crippen LogP contribution in [0.1, 0.15) is 5.69 Å². The highest BCUT2D eigenvalue weighted by molar-refractivity contribution is 8.14. The number of nitrogens with one attached hydrogen (secondary N) is 1. The monoisotopic (exact) mass is 389 g/mol. The summed E-state index contributed by atoms with van der Waals surface area (Å²) in [5, 5.41) is 4.45. The van der Waals surface area contributed by atoms with Gasteiger partial charge in [-0.15, -0.1) is 23.1 Å². The number of methoxy groups -OCH3 is 1. The van der Waals surface area contributed by atoms with Gasteiger partial charge in [0.25, 0.3) is 0 Å². The van der Waals surface area contributed by atoms with Crippen LogP contribution in [0.25, 0.3) is 10.9 Å². The number of ether oxygens (including phenoxy) is 1. The molecule has 25 heavy (non-hydrogen) atoms. The van der Waals surface area contributed by atoms with Crippen molar-refractivity contribution in [1.82, 2.24) is 4.98 Å². The Labute approximate surface area is 159 Å². The number of H-pyrrole nitrogens is 1. The molecule has 1 aromatic carbocycles. The quantitative estimate of drug-likeness (QED) is 0.585. The van der Waals surface area contributed by atoms with Crippen molar-refractivity contribution < 1.29 is 4.74 Å². The number of aliphatic imine (C=N–C) groups is 1. The highest BCUT2D eigenvalue weighted by atomic mass is 32.2. The van der Waals surface area contributed by atoms with Crippen molar-refractivity contribution in [1.29, 1.82) is 0 Å². The molecule has 0 saturated heterocycles. The van der Waals surface area contributed by atoms with Gasteiger partial charge in [-0.3, -0.25) is 4.99 Å². The van der Waals surface area contributed by atoms with Crippen molar-refractivity contribution in [3.63, 3.8) is 0 Å². The summed E-state index contributed by atoms with van der Waals surface area (Å²) >= 11 is 5.34.